The minimum atomic E-state index is -4.69. The van der Waals surface area contributed by atoms with Crippen LogP contribution in [-0.4, -0.2) is 27.2 Å². The van der Waals surface area contributed by atoms with E-state index >= 15 is 0 Å². The van der Waals surface area contributed by atoms with Crippen molar-refractivity contribution in [2.45, 2.75) is 26.6 Å². The largest absolute Gasteiger partial charge is 0.416 e. The summed E-state index contributed by atoms with van der Waals surface area (Å²) in [5.74, 6) is -1.13. The summed E-state index contributed by atoms with van der Waals surface area (Å²) >= 11 is 0. The molecule has 0 unspecified atom stereocenters. The Morgan fingerprint density at radius 3 is 2.63 bits per heavy atom. The van der Waals surface area contributed by atoms with Crippen LogP contribution in [0.25, 0.3) is 11.3 Å². The van der Waals surface area contributed by atoms with Crippen molar-refractivity contribution in [2.24, 2.45) is 0 Å². The Morgan fingerprint density at radius 1 is 1.20 bits per heavy atom. The molecule has 0 spiro atoms. The number of carbonyl (C=O) groups is 1. The molecule has 0 aliphatic heterocycles. The molecule has 10 heteroatoms. The van der Waals surface area contributed by atoms with Gasteiger partial charge in [-0.15, -0.1) is 0 Å². The predicted octanol–water partition coefficient (Wildman–Crippen LogP) is 4.29. The molecule has 1 aromatic carbocycles. The van der Waals surface area contributed by atoms with Gasteiger partial charge in [0.2, 0.25) is 5.91 Å². The number of aryl methyl sites for hydroxylation is 1. The van der Waals surface area contributed by atoms with E-state index < -0.39 is 17.6 Å². The summed E-state index contributed by atoms with van der Waals surface area (Å²) in [5.41, 5.74) is 0.923. The highest BCUT2D eigenvalue weighted by Gasteiger charge is 2.31. The van der Waals surface area contributed by atoms with Crippen LogP contribution in [0.1, 0.15) is 18.1 Å². The van der Waals surface area contributed by atoms with Gasteiger partial charge in [0.25, 0.3) is 0 Å². The van der Waals surface area contributed by atoms with Crippen molar-refractivity contribution >= 4 is 17.4 Å². The molecule has 0 atom stereocenters. The number of nitrogens with zero attached hydrogens (tertiary/aromatic N) is 3. The highest BCUT2D eigenvalue weighted by Crippen LogP contribution is 2.33. The third kappa shape index (κ3) is 4.94. The molecule has 3 rings (SSSR count). The van der Waals surface area contributed by atoms with Crippen LogP contribution in [0.4, 0.5) is 29.1 Å². The third-order valence-corrected chi connectivity index (χ3v) is 4.24. The highest BCUT2D eigenvalue weighted by molar-refractivity contribution is 5.77. The van der Waals surface area contributed by atoms with E-state index in [1.54, 1.807) is 31.5 Å². The van der Waals surface area contributed by atoms with Gasteiger partial charge in [0.15, 0.2) is 5.82 Å². The molecule has 0 saturated carbocycles. The van der Waals surface area contributed by atoms with E-state index in [1.165, 1.54) is 4.68 Å². The molecule has 0 bridgehead atoms. The van der Waals surface area contributed by atoms with Gasteiger partial charge in [-0.2, -0.15) is 18.3 Å². The van der Waals surface area contributed by atoms with Crippen LogP contribution in [0.2, 0.25) is 0 Å². The van der Waals surface area contributed by atoms with Crippen molar-refractivity contribution in [1.29, 1.82) is 0 Å². The van der Waals surface area contributed by atoms with Crippen molar-refractivity contribution in [2.75, 3.05) is 11.9 Å². The maximum Gasteiger partial charge on any atom is 0.416 e. The minimum Gasteiger partial charge on any atom is -0.355 e. The Morgan fingerprint density at radius 2 is 1.97 bits per heavy atom. The van der Waals surface area contributed by atoms with Gasteiger partial charge in [-0.05, 0) is 43.7 Å². The monoisotopic (exact) mass is 421 g/mol. The first-order chi connectivity index (χ1) is 14.2. The Balaban J connectivity index is 1.99. The lowest BCUT2D eigenvalue weighted by Gasteiger charge is -2.10. The second-order valence-corrected chi connectivity index (χ2v) is 6.57. The number of hydrogen-bond acceptors (Lipinski definition) is 4. The fourth-order valence-corrected chi connectivity index (χ4v) is 2.94. The van der Waals surface area contributed by atoms with Gasteiger partial charge in [0, 0.05) is 36.3 Å². The maximum absolute atomic E-state index is 13.7. The van der Waals surface area contributed by atoms with Gasteiger partial charge in [-0.3, -0.25) is 14.5 Å². The lowest BCUT2D eigenvalue weighted by Crippen LogP contribution is -2.27. The molecule has 2 N–H and O–H groups in total. The van der Waals surface area contributed by atoms with Crippen molar-refractivity contribution in [3.8, 4) is 11.3 Å². The van der Waals surface area contributed by atoms with Gasteiger partial charge in [-0.1, -0.05) is 0 Å². The van der Waals surface area contributed by atoms with E-state index in [9.17, 15) is 22.4 Å². The molecule has 2 heterocycles. The zero-order valence-corrected chi connectivity index (χ0v) is 16.2. The topological polar surface area (TPSA) is 71.8 Å². The second kappa shape index (κ2) is 8.52. The maximum atomic E-state index is 13.7. The number of rotatable bonds is 6. The quantitative estimate of drug-likeness (QED) is 0.583. The molecule has 30 heavy (non-hydrogen) atoms. The highest BCUT2D eigenvalue weighted by atomic mass is 19.4. The van der Waals surface area contributed by atoms with Gasteiger partial charge < -0.3 is 10.6 Å². The van der Waals surface area contributed by atoms with Crippen LogP contribution in [0, 0.1) is 12.7 Å². The second-order valence-electron chi connectivity index (χ2n) is 6.57. The smallest absolute Gasteiger partial charge is 0.355 e. The van der Waals surface area contributed by atoms with Crippen LogP contribution in [0.5, 0.6) is 0 Å². The third-order valence-electron chi connectivity index (χ3n) is 4.24. The SMILES string of the molecule is CCNC(=O)Cn1nc(Nc2cc(F)cc(C(F)(F)F)c2)cc1-c1ccncc1C. The number of pyridine rings is 1. The Kier molecular flexibility index (Phi) is 6.04. The standard InChI is InChI=1S/C20H19F4N5O/c1-3-26-19(30)11-29-17(16-4-5-25-10-12(16)2)9-18(28-29)27-15-7-13(20(22,23)24)6-14(21)8-15/h4-10H,3,11H2,1-2H3,(H,26,30)(H,27,28). The van der Waals surface area contributed by atoms with E-state index in [1.807, 2.05) is 6.92 Å². The molecule has 6 nitrogen and oxygen atoms in total. The molecule has 0 aliphatic rings. The molecular formula is C20H19F4N5O. The van der Waals surface area contributed by atoms with Crippen LogP contribution in [0.15, 0.2) is 42.7 Å². The number of anilines is 2. The average molecular weight is 421 g/mol. The number of likely N-dealkylation sites (N-methyl/N-ethyl adjacent to an activating group) is 1. The summed E-state index contributed by atoms with van der Waals surface area (Å²) in [5, 5.41) is 9.65. The average Bonchev–Trinajstić information content (AvgIpc) is 3.02. The van der Waals surface area contributed by atoms with Crippen LogP contribution in [0.3, 0.4) is 0 Å². The number of hydrogen-bond donors (Lipinski definition) is 2. The molecular weight excluding hydrogens is 402 g/mol. The van der Waals surface area contributed by atoms with Crippen molar-refractivity contribution < 1.29 is 22.4 Å². The van der Waals surface area contributed by atoms with Gasteiger partial charge in [-0.25, -0.2) is 4.39 Å². The number of amides is 1. The summed E-state index contributed by atoms with van der Waals surface area (Å²) in [6, 6.07) is 5.48. The number of alkyl halides is 3. The number of benzene rings is 1. The number of aromatic nitrogens is 3. The molecule has 3 aromatic rings. The normalized spacial score (nSPS) is 11.4. The molecule has 0 fully saturated rings. The Labute approximate surface area is 169 Å². The zero-order chi connectivity index (χ0) is 21.9. The van der Waals surface area contributed by atoms with E-state index in [2.05, 4.69) is 20.7 Å². The number of halogens is 4. The van der Waals surface area contributed by atoms with Crippen molar-refractivity contribution in [3.05, 3.63) is 59.7 Å². The summed E-state index contributed by atoms with van der Waals surface area (Å²) < 4.78 is 54.0. The summed E-state index contributed by atoms with van der Waals surface area (Å²) in [4.78, 5) is 16.1. The summed E-state index contributed by atoms with van der Waals surface area (Å²) in [7, 11) is 0. The predicted molar refractivity (Wildman–Crippen MR) is 104 cm³/mol. The van der Waals surface area contributed by atoms with Crippen LogP contribution >= 0.6 is 0 Å². The van der Waals surface area contributed by atoms with Crippen molar-refractivity contribution in [1.82, 2.24) is 20.1 Å². The van der Waals surface area contributed by atoms with Crippen molar-refractivity contribution in [3.63, 3.8) is 0 Å². The molecule has 0 saturated heterocycles. The van der Waals surface area contributed by atoms with Gasteiger partial charge >= 0.3 is 6.18 Å². The van der Waals surface area contributed by atoms with E-state index in [0.29, 0.717) is 18.3 Å². The fourth-order valence-electron chi connectivity index (χ4n) is 2.94. The van der Waals surface area contributed by atoms with E-state index in [0.717, 1.165) is 23.3 Å². The first-order valence-electron chi connectivity index (χ1n) is 9.07. The van der Waals surface area contributed by atoms with Crippen LogP contribution < -0.4 is 10.6 Å². The zero-order valence-electron chi connectivity index (χ0n) is 16.2. The number of nitrogens with one attached hydrogen (secondary N) is 2. The van der Waals surface area contributed by atoms with E-state index in [4.69, 9.17) is 0 Å². The first-order valence-corrected chi connectivity index (χ1v) is 9.07. The first kappa shape index (κ1) is 21.3. The molecule has 2 aromatic heterocycles. The summed E-state index contributed by atoms with van der Waals surface area (Å²) in [6.07, 6.45) is -1.45. The van der Waals surface area contributed by atoms with Gasteiger partial charge in [0.1, 0.15) is 12.4 Å². The van der Waals surface area contributed by atoms with Crippen LogP contribution in [-0.2, 0) is 17.5 Å². The lowest BCUT2D eigenvalue weighted by molar-refractivity contribution is -0.137. The van der Waals surface area contributed by atoms with E-state index in [-0.39, 0.29) is 24.0 Å². The summed E-state index contributed by atoms with van der Waals surface area (Å²) in [6.45, 7) is 3.97. The fraction of sp³-hybridized carbons (Fsp3) is 0.250. The molecule has 1 amide bonds. The van der Waals surface area contributed by atoms with Gasteiger partial charge in [0.05, 0.1) is 11.3 Å². The molecule has 0 radical (unpaired) electrons. The lowest BCUT2D eigenvalue weighted by atomic mass is 10.1. The molecule has 158 valence electrons. The molecule has 0 aliphatic carbocycles. The Hall–Kier alpha value is -3.43. The Bertz CT molecular complexity index is 1060. The minimum absolute atomic E-state index is 0.0937. The number of carbonyl (C=O) groups excluding carboxylic acids is 1.